The van der Waals surface area contributed by atoms with Gasteiger partial charge in [-0.25, -0.2) is 14.5 Å². The van der Waals surface area contributed by atoms with Gasteiger partial charge in [0, 0.05) is 22.8 Å². The fourth-order valence-electron chi connectivity index (χ4n) is 2.62. The van der Waals surface area contributed by atoms with Crippen molar-refractivity contribution in [2.45, 2.75) is 6.92 Å². The third-order valence-corrected chi connectivity index (χ3v) is 5.13. The van der Waals surface area contributed by atoms with E-state index in [2.05, 4.69) is 36.1 Å². The van der Waals surface area contributed by atoms with Gasteiger partial charge in [-0.1, -0.05) is 34.8 Å². The largest absolute Gasteiger partial charge is 0.461 e. The van der Waals surface area contributed by atoms with E-state index >= 15 is 0 Å². The number of benzene rings is 1. The lowest BCUT2D eigenvalue weighted by Gasteiger charge is -2.13. The molecule has 0 radical (unpaired) electrons. The average Bonchev–Trinajstić information content (AvgIpc) is 3.12. The van der Waals surface area contributed by atoms with Gasteiger partial charge in [-0.2, -0.15) is 9.49 Å². The maximum atomic E-state index is 14.3. The van der Waals surface area contributed by atoms with Crippen LogP contribution in [0.25, 0.3) is 11.9 Å². The highest BCUT2D eigenvalue weighted by Gasteiger charge is 2.21. The summed E-state index contributed by atoms with van der Waals surface area (Å²) < 4.78 is 20.5. The Kier molecular flexibility index (Phi) is 7.89. The first-order chi connectivity index (χ1) is 15.2. The van der Waals surface area contributed by atoms with Crippen molar-refractivity contribution in [1.82, 2.24) is 14.8 Å². The molecule has 0 atom stereocenters. The fourth-order valence-corrected chi connectivity index (χ4v) is 3.75. The number of amides is 1. The minimum absolute atomic E-state index is 0.00502. The van der Waals surface area contributed by atoms with Crippen LogP contribution in [-0.4, -0.2) is 33.2 Å². The molecule has 0 saturated carbocycles. The molecule has 7 nitrogen and oxygen atoms in total. The van der Waals surface area contributed by atoms with E-state index in [9.17, 15) is 14.0 Å². The number of carbonyl (C=O) groups is 2. The minimum atomic E-state index is -1.19. The maximum Gasteiger partial charge on any atom is 0.367 e. The zero-order valence-electron chi connectivity index (χ0n) is 16.2. The molecule has 2 heterocycles. The Morgan fingerprint density at radius 1 is 1.25 bits per heavy atom. The lowest BCUT2D eigenvalue weighted by Crippen LogP contribution is -2.18. The van der Waals surface area contributed by atoms with Crippen LogP contribution in [0.1, 0.15) is 23.0 Å². The third-order valence-electron chi connectivity index (χ3n) is 3.93. The quantitative estimate of drug-likeness (QED) is 0.289. The third kappa shape index (κ3) is 5.47. The molecule has 166 valence electrons. The second-order valence-electron chi connectivity index (χ2n) is 6.09. The number of nitrogens with one attached hydrogen (secondary N) is 1. The minimum Gasteiger partial charge on any atom is -0.461 e. The van der Waals surface area contributed by atoms with E-state index in [4.69, 9.17) is 34.8 Å². The SMILES string of the molecule is CCOC(=O)/C(F)=C\c1cc(Cl)cc(Cl)c1NC(=O)c1cc(Br)nn1-c1ncccc1Cl. The van der Waals surface area contributed by atoms with Crippen LogP contribution in [0.15, 0.2) is 47.0 Å². The van der Waals surface area contributed by atoms with Gasteiger partial charge in [-0.05, 0) is 53.2 Å². The van der Waals surface area contributed by atoms with Crippen molar-refractivity contribution in [2.75, 3.05) is 11.9 Å². The first-order valence-corrected chi connectivity index (χ1v) is 10.8. The van der Waals surface area contributed by atoms with E-state index < -0.39 is 17.7 Å². The lowest BCUT2D eigenvalue weighted by molar-refractivity contribution is -0.140. The van der Waals surface area contributed by atoms with Crippen molar-refractivity contribution in [3.63, 3.8) is 0 Å². The molecule has 3 aromatic rings. The predicted molar refractivity (Wildman–Crippen MR) is 124 cm³/mol. The molecule has 0 saturated heterocycles. The number of ether oxygens (including phenoxy) is 1. The zero-order valence-corrected chi connectivity index (χ0v) is 20.1. The molecule has 0 aliphatic carbocycles. The first-order valence-electron chi connectivity index (χ1n) is 8.92. The number of esters is 1. The molecule has 0 bridgehead atoms. The number of aromatic nitrogens is 3. The van der Waals surface area contributed by atoms with Gasteiger partial charge in [-0.3, -0.25) is 4.79 Å². The number of nitrogens with zero attached hydrogens (tertiary/aromatic N) is 3. The number of hydrogen-bond acceptors (Lipinski definition) is 5. The van der Waals surface area contributed by atoms with Gasteiger partial charge in [-0.15, -0.1) is 0 Å². The standard InChI is InChI=1S/C20H13BrCl3FN4O3/c1-2-32-20(31)14(25)7-10-6-11(22)8-13(24)17(10)27-19(30)15-9-16(21)28-29(15)18-12(23)4-3-5-26-18/h3-9H,2H2,1H3,(H,27,30)/b14-7+. The molecule has 0 unspecified atom stereocenters. The van der Waals surface area contributed by atoms with E-state index in [-0.39, 0.29) is 44.4 Å². The molecule has 0 aliphatic rings. The van der Waals surface area contributed by atoms with E-state index in [1.165, 1.54) is 29.1 Å². The number of pyridine rings is 1. The molecule has 3 rings (SSSR count). The van der Waals surface area contributed by atoms with Crippen LogP contribution >= 0.6 is 50.7 Å². The van der Waals surface area contributed by atoms with Crippen molar-refractivity contribution in [2.24, 2.45) is 0 Å². The molecule has 0 fully saturated rings. The van der Waals surface area contributed by atoms with Crippen molar-refractivity contribution < 1.29 is 18.7 Å². The van der Waals surface area contributed by atoms with Gasteiger partial charge in [0.1, 0.15) is 10.3 Å². The van der Waals surface area contributed by atoms with Crippen LogP contribution < -0.4 is 5.32 Å². The van der Waals surface area contributed by atoms with Crippen LogP contribution in [0.5, 0.6) is 0 Å². The topological polar surface area (TPSA) is 86.1 Å². The maximum absolute atomic E-state index is 14.3. The monoisotopic (exact) mass is 560 g/mol. The second kappa shape index (κ2) is 10.4. The average molecular weight is 563 g/mol. The highest BCUT2D eigenvalue weighted by molar-refractivity contribution is 9.10. The molecule has 12 heteroatoms. The van der Waals surface area contributed by atoms with Crippen LogP contribution in [0, 0.1) is 0 Å². The van der Waals surface area contributed by atoms with Gasteiger partial charge in [0.15, 0.2) is 5.82 Å². The summed E-state index contributed by atoms with van der Waals surface area (Å²) in [6.07, 6.45) is 2.36. The van der Waals surface area contributed by atoms with E-state index in [0.717, 1.165) is 6.08 Å². The van der Waals surface area contributed by atoms with Crippen molar-refractivity contribution in [1.29, 1.82) is 0 Å². The lowest BCUT2D eigenvalue weighted by atomic mass is 10.1. The molecule has 0 aliphatic heterocycles. The molecule has 2 aromatic heterocycles. The predicted octanol–water partition coefficient (Wildman–Crippen LogP) is 6.12. The van der Waals surface area contributed by atoms with Gasteiger partial charge >= 0.3 is 5.97 Å². The molecular weight excluding hydrogens is 550 g/mol. The van der Waals surface area contributed by atoms with Crippen LogP contribution in [0.2, 0.25) is 15.1 Å². The molecule has 32 heavy (non-hydrogen) atoms. The fraction of sp³-hybridized carbons (Fsp3) is 0.100. The molecule has 1 aromatic carbocycles. The van der Waals surface area contributed by atoms with Crippen molar-refractivity contribution >= 4 is 74.4 Å². The summed E-state index contributed by atoms with van der Waals surface area (Å²) in [6, 6.07) is 7.37. The summed E-state index contributed by atoms with van der Waals surface area (Å²) in [5.74, 6) is -2.78. The summed E-state index contributed by atoms with van der Waals surface area (Å²) in [4.78, 5) is 28.9. The summed E-state index contributed by atoms with van der Waals surface area (Å²) >= 11 is 21.7. The number of hydrogen-bond donors (Lipinski definition) is 1. The Morgan fingerprint density at radius 2 is 2.00 bits per heavy atom. The Bertz CT molecular complexity index is 1230. The van der Waals surface area contributed by atoms with E-state index in [0.29, 0.717) is 4.60 Å². The van der Waals surface area contributed by atoms with Crippen molar-refractivity contribution in [3.8, 4) is 5.82 Å². The molecule has 0 spiro atoms. The van der Waals surface area contributed by atoms with Crippen LogP contribution in [-0.2, 0) is 9.53 Å². The molecule has 1 amide bonds. The number of rotatable bonds is 6. The van der Waals surface area contributed by atoms with Gasteiger partial charge < -0.3 is 10.1 Å². The highest BCUT2D eigenvalue weighted by Crippen LogP contribution is 2.33. The molecule has 1 N–H and O–H groups in total. The first kappa shape index (κ1) is 24.2. The Morgan fingerprint density at radius 3 is 2.69 bits per heavy atom. The van der Waals surface area contributed by atoms with Gasteiger partial charge in [0.25, 0.3) is 5.91 Å². The normalized spacial score (nSPS) is 11.4. The number of carbonyl (C=O) groups excluding carboxylic acids is 2. The van der Waals surface area contributed by atoms with Gasteiger partial charge in [0.2, 0.25) is 5.83 Å². The summed E-state index contributed by atoms with van der Waals surface area (Å²) in [5, 5.41) is 7.25. The number of anilines is 1. The summed E-state index contributed by atoms with van der Waals surface area (Å²) in [5.41, 5.74) is 0.142. The van der Waals surface area contributed by atoms with Crippen LogP contribution in [0.4, 0.5) is 10.1 Å². The van der Waals surface area contributed by atoms with E-state index in [1.54, 1.807) is 19.1 Å². The number of halogens is 5. The zero-order chi connectivity index (χ0) is 23.4. The Hall–Kier alpha value is -2.46. The van der Waals surface area contributed by atoms with Crippen molar-refractivity contribution in [3.05, 3.63) is 73.3 Å². The van der Waals surface area contributed by atoms with Crippen LogP contribution in [0.3, 0.4) is 0 Å². The Labute approximate surface area is 205 Å². The Balaban J connectivity index is 2.02. The van der Waals surface area contributed by atoms with E-state index in [1.807, 2.05) is 0 Å². The smallest absolute Gasteiger partial charge is 0.367 e. The molecular formula is C20H13BrCl3FN4O3. The summed E-state index contributed by atoms with van der Waals surface area (Å²) in [6.45, 7) is 1.54. The summed E-state index contributed by atoms with van der Waals surface area (Å²) in [7, 11) is 0. The second-order valence-corrected chi connectivity index (χ2v) is 8.15. The highest BCUT2D eigenvalue weighted by atomic mass is 79.9. The van der Waals surface area contributed by atoms with Gasteiger partial charge in [0.05, 0.1) is 22.3 Å².